The zero-order valence-corrected chi connectivity index (χ0v) is 21.6. The minimum Gasteiger partial charge on any atom is -0.481 e. The fourth-order valence-electron chi connectivity index (χ4n) is 4.71. The van der Waals surface area contributed by atoms with E-state index >= 15 is 0 Å². The predicted molar refractivity (Wildman–Crippen MR) is 130 cm³/mol. The monoisotopic (exact) mass is 513 g/mol. The van der Waals surface area contributed by atoms with Gasteiger partial charge in [0.2, 0.25) is 0 Å². The predicted octanol–water partition coefficient (Wildman–Crippen LogP) is 2.45. The Morgan fingerprint density at radius 1 is 0.889 bits per heavy atom. The van der Waals surface area contributed by atoms with Crippen LogP contribution in [0.15, 0.2) is 0 Å². The summed E-state index contributed by atoms with van der Waals surface area (Å²) in [6, 6.07) is 0.141. The molecule has 0 amide bonds. The number of hydrogen-bond donors (Lipinski definition) is 3. The van der Waals surface area contributed by atoms with Crippen molar-refractivity contribution in [3.8, 4) is 0 Å². The van der Waals surface area contributed by atoms with Crippen molar-refractivity contribution in [3.05, 3.63) is 0 Å². The first-order valence-electron chi connectivity index (χ1n) is 13.4. The van der Waals surface area contributed by atoms with Crippen molar-refractivity contribution in [2.24, 2.45) is 23.7 Å². The van der Waals surface area contributed by atoms with Crippen molar-refractivity contribution < 1.29 is 43.6 Å². The molecule has 0 aromatic heterocycles. The lowest BCUT2D eigenvalue weighted by atomic mass is 9.79. The maximum atomic E-state index is 12.7. The van der Waals surface area contributed by atoms with E-state index in [1.165, 1.54) is 0 Å². The van der Waals surface area contributed by atoms with E-state index in [0.717, 1.165) is 25.7 Å². The number of hydrogen-bond acceptors (Lipinski definition) is 9. The highest BCUT2D eigenvalue weighted by atomic mass is 16.6. The Kier molecular flexibility index (Phi) is 13.2. The van der Waals surface area contributed by atoms with E-state index in [4.69, 9.17) is 19.3 Å². The standard InChI is InChI=1S/C26H43NO9/c1-3-17(2)24(31)34-13-6-14-35-25(32)21-7-4-5-8-22(21)26(33)36-16-20(28)15-27-19-11-9-18(10-12-19)23(29)30/h17-22,27-28H,3-16H2,1-2H3,(H,29,30). The minimum absolute atomic E-state index is 0.115. The molecule has 36 heavy (non-hydrogen) atoms. The molecule has 0 saturated heterocycles. The second-order valence-corrected chi connectivity index (χ2v) is 10.1. The number of aliphatic carboxylic acids is 1. The lowest BCUT2D eigenvalue weighted by Gasteiger charge is -2.29. The molecule has 4 unspecified atom stereocenters. The van der Waals surface area contributed by atoms with Gasteiger partial charge in [-0.15, -0.1) is 0 Å². The first kappa shape index (κ1) is 30.0. The number of aliphatic hydroxyl groups excluding tert-OH is 1. The smallest absolute Gasteiger partial charge is 0.309 e. The van der Waals surface area contributed by atoms with Crippen molar-refractivity contribution in [1.29, 1.82) is 0 Å². The highest BCUT2D eigenvalue weighted by molar-refractivity contribution is 5.82. The summed E-state index contributed by atoms with van der Waals surface area (Å²) in [6.07, 6.45) is 5.62. The second kappa shape index (κ2) is 15.8. The Labute approximate surface area is 213 Å². The van der Waals surface area contributed by atoms with E-state index in [2.05, 4.69) is 5.32 Å². The molecule has 2 aliphatic rings. The molecule has 0 heterocycles. The van der Waals surface area contributed by atoms with E-state index in [0.29, 0.717) is 38.5 Å². The van der Waals surface area contributed by atoms with Crippen molar-refractivity contribution in [3.63, 3.8) is 0 Å². The van der Waals surface area contributed by atoms with Crippen LogP contribution in [0, 0.1) is 23.7 Å². The summed E-state index contributed by atoms with van der Waals surface area (Å²) in [7, 11) is 0. The van der Waals surface area contributed by atoms with E-state index in [9.17, 15) is 24.3 Å². The van der Waals surface area contributed by atoms with Crippen LogP contribution in [0.2, 0.25) is 0 Å². The van der Waals surface area contributed by atoms with Crippen molar-refractivity contribution in [1.82, 2.24) is 5.32 Å². The molecule has 2 rings (SSSR count). The number of carbonyl (C=O) groups is 4. The third kappa shape index (κ3) is 10.0. The summed E-state index contributed by atoms with van der Waals surface area (Å²) in [5.41, 5.74) is 0. The fourth-order valence-corrected chi connectivity index (χ4v) is 4.71. The average Bonchev–Trinajstić information content (AvgIpc) is 2.89. The topological polar surface area (TPSA) is 148 Å². The molecule has 2 aliphatic carbocycles. The van der Waals surface area contributed by atoms with E-state index in [1.54, 1.807) is 6.92 Å². The van der Waals surface area contributed by atoms with Crippen molar-refractivity contribution in [2.45, 2.75) is 90.2 Å². The largest absolute Gasteiger partial charge is 0.481 e. The van der Waals surface area contributed by atoms with Crippen LogP contribution in [-0.4, -0.2) is 72.6 Å². The van der Waals surface area contributed by atoms with Gasteiger partial charge in [0.05, 0.1) is 36.9 Å². The highest BCUT2D eigenvalue weighted by Gasteiger charge is 2.38. The first-order chi connectivity index (χ1) is 17.2. The van der Waals surface area contributed by atoms with Gasteiger partial charge in [-0.1, -0.05) is 26.7 Å². The number of carboxylic acid groups (broad SMARTS) is 1. The zero-order valence-electron chi connectivity index (χ0n) is 21.6. The number of carbonyl (C=O) groups excluding carboxylic acids is 3. The molecule has 2 fully saturated rings. The van der Waals surface area contributed by atoms with E-state index in [-0.39, 0.29) is 50.2 Å². The molecular formula is C26H43NO9. The van der Waals surface area contributed by atoms with Crippen LogP contribution in [-0.2, 0) is 33.4 Å². The summed E-state index contributed by atoms with van der Waals surface area (Å²) in [4.78, 5) is 48.0. The van der Waals surface area contributed by atoms with Gasteiger partial charge in [0.25, 0.3) is 0 Å². The maximum absolute atomic E-state index is 12.7. The fraction of sp³-hybridized carbons (Fsp3) is 0.846. The molecule has 0 spiro atoms. The lowest BCUT2D eigenvalue weighted by molar-refractivity contribution is -0.164. The summed E-state index contributed by atoms with van der Waals surface area (Å²) >= 11 is 0. The van der Waals surface area contributed by atoms with Gasteiger partial charge in [0, 0.05) is 19.0 Å². The first-order valence-corrected chi connectivity index (χ1v) is 13.4. The lowest BCUT2D eigenvalue weighted by Crippen LogP contribution is -2.41. The summed E-state index contributed by atoms with van der Waals surface area (Å²) in [6.45, 7) is 4.08. The number of aliphatic hydroxyl groups is 1. The molecule has 0 aromatic carbocycles. The third-order valence-electron chi connectivity index (χ3n) is 7.30. The number of esters is 3. The summed E-state index contributed by atoms with van der Waals surface area (Å²) < 4.78 is 15.8. The molecule has 10 heteroatoms. The Morgan fingerprint density at radius 2 is 1.47 bits per heavy atom. The van der Waals surface area contributed by atoms with E-state index in [1.807, 2.05) is 6.92 Å². The number of carboxylic acids is 1. The van der Waals surface area contributed by atoms with Gasteiger partial charge in [-0.2, -0.15) is 0 Å². The van der Waals surface area contributed by atoms with Gasteiger partial charge in [-0.25, -0.2) is 0 Å². The Balaban J connectivity index is 1.67. The van der Waals surface area contributed by atoms with Crippen LogP contribution in [0.4, 0.5) is 0 Å². The van der Waals surface area contributed by atoms with Crippen molar-refractivity contribution in [2.75, 3.05) is 26.4 Å². The SMILES string of the molecule is CCC(C)C(=O)OCCCOC(=O)C1CCCCC1C(=O)OCC(O)CNC1CCC(C(=O)O)CC1. The van der Waals surface area contributed by atoms with Crippen LogP contribution >= 0.6 is 0 Å². The Hall–Kier alpha value is -2.20. The van der Waals surface area contributed by atoms with Crippen LogP contribution in [0.1, 0.15) is 78.1 Å². The average molecular weight is 514 g/mol. The van der Waals surface area contributed by atoms with Crippen molar-refractivity contribution >= 4 is 23.9 Å². The van der Waals surface area contributed by atoms with Crippen LogP contribution in [0.3, 0.4) is 0 Å². The summed E-state index contributed by atoms with van der Waals surface area (Å²) in [5.74, 6) is -3.58. The molecule has 206 valence electrons. The van der Waals surface area contributed by atoms with Crippen LogP contribution in [0.5, 0.6) is 0 Å². The Morgan fingerprint density at radius 3 is 2.06 bits per heavy atom. The molecule has 10 nitrogen and oxygen atoms in total. The second-order valence-electron chi connectivity index (χ2n) is 10.1. The minimum atomic E-state index is -0.890. The molecule has 4 atom stereocenters. The molecule has 0 aliphatic heterocycles. The van der Waals surface area contributed by atoms with Gasteiger partial charge in [0.1, 0.15) is 12.7 Å². The number of ether oxygens (including phenoxy) is 3. The quantitative estimate of drug-likeness (QED) is 0.180. The van der Waals surface area contributed by atoms with E-state index < -0.39 is 35.8 Å². The normalized spacial score (nSPS) is 25.9. The molecular weight excluding hydrogens is 470 g/mol. The van der Waals surface area contributed by atoms with Gasteiger partial charge in [-0.3, -0.25) is 19.2 Å². The summed E-state index contributed by atoms with van der Waals surface area (Å²) in [5, 5.41) is 22.5. The van der Waals surface area contributed by atoms with Crippen LogP contribution in [0.25, 0.3) is 0 Å². The van der Waals surface area contributed by atoms with Gasteiger partial charge < -0.3 is 29.7 Å². The number of rotatable bonds is 14. The molecule has 0 aromatic rings. The third-order valence-corrected chi connectivity index (χ3v) is 7.30. The molecule has 0 radical (unpaired) electrons. The highest BCUT2D eigenvalue weighted by Crippen LogP contribution is 2.32. The molecule has 0 bridgehead atoms. The number of nitrogens with one attached hydrogen (secondary N) is 1. The molecule has 2 saturated carbocycles. The Bertz CT molecular complexity index is 720. The van der Waals surface area contributed by atoms with Gasteiger partial charge in [0.15, 0.2) is 0 Å². The van der Waals surface area contributed by atoms with Gasteiger partial charge >= 0.3 is 23.9 Å². The maximum Gasteiger partial charge on any atom is 0.309 e. The van der Waals surface area contributed by atoms with Gasteiger partial charge in [-0.05, 0) is 44.9 Å². The zero-order chi connectivity index (χ0) is 26.5. The molecule has 3 N–H and O–H groups in total. The van der Waals surface area contributed by atoms with Crippen LogP contribution < -0.4 is 5.32 Å².